The van der Waals surface area contributed by atoms with Gasteiger partial charge in [0.15, 0.2) is 5.82 Å². The predicted molar refractivity (Wildman–Crippen MR) is 77.4 cm³/mol. The number of carbonyl (C=O) groups excluding carboxylic acids is 1. The van der Waals surface area contributed by atoms with Crippen molar-refractivity contribution < 1.29 is 4.79 Å². The lowest BCUT2D eigenvalue weighted by molar-refractivity contribution is 0.102. The summed E-state index contributed by atoms with van der Waals surface area (Å²) in [4.78, 5) is 18.2. The van der Waals surface area contributed by atoms with Crippen LogP contribution in [0.2, 0.25) is 0 Å². The normalized spacial score (nSPS) is 10.0. The fourth-order valence-corrected chi connectivity index (χ4v) is 1.68. The van der Waals surface area contributed by atoms with Gasteiger partial charge in [-0.25, -0.2) is 4.98 Å². The summed E-state index contributed by atoms with van der Waals surface area (Å²) in [6, 6.07) is 10.4. The molecule has 0 bridgehead atoms. The number of hydrogen-bond donors (Lipinski definition) is 2. The van der Waals surface area contributed by atoms with Crippen molar-refractivity contribution in [2.24, 2.45) is 0 Å². The standard InChI is InChI=1S/C14H16N4O/c1-18(2)13-12(4-3-9-16-13)17-14(19)10-5-7-11(15)8-6-10/h3-9H,15H2,1-2H3,(H,17,19). The summed E-state index contributed by atoms with van der Waals surface area (Å²) in [5, 5.41) is 2.84. The lowest BCUT2D eigenvalue weighted by Gasteiger charge is -2.16. The molecule has 5 nitrogen and oxygen atoms in total. The molecule has 2 rings (SSSR count). The van der Waals surface area contributed by atoms with Gasteiger partial charge in [0.1, 0.15) is 0 Å². The zero-order valence-electron chi connectivity index (χ0n) is 10.9. The first kappa shape index (κ1) is 12.9. The van der Waals surface area contributed by atoms with Crippen LogP contribution < -0.4 is 16.0 Å². The first-order valence-electron chi connectivity index (χ1n) is 5.87. The molecule has 0 aliphatic carbocycles. The molecular weight excluding hydrogens is 240 g/mol. The maximum absolute atomic E-state index is 12.1. The van der Waals surface area contributed by atoms with Crippen molar-refractivity contribution in [1.29, 1.82) is 0 Å². The Morgan fingerprint density at radius 2 is 1.89 bits per heavy atom. The van der Waals surface area contributed by atoms with E-state index in [1.165, 1.54) is 0 Å². The fraction of sp³-hybridized carbons (Fsp3) is 0.143. The molecule has 5 heteroatoms. The Morgan fingerprint density at radius 3 is 2.53 bits per heavy atom. The Bertz CT molecular complexity index is 578. The molecule has 0 aliphatic rings. The maximum atomic E-state index is 12.1. The minimum absolute atomic E-state index is 0.184. The highest BCUT2D eigenvalue weighted by Gasteiger charge is 2.10. The van der Waals surface area contributed by atoms with Gasteiger partial charge in [0, 0.05) is 31.5 Å². The highest BCUT2D eigenvalue weighted by atomic mass is 16.1. The van der Waals surface area contributed by atoms with Crippen LogP contribution in [0, 0.1) is 0 Å². The topological polar surface area (TPSA) is 71.2 Å². The summed E-state index contributed by atoms with van der Waals surface area (Å²) in [5.41, 5.74) is 7.46. The molecule has 0 unspecified atom stereocenters. The second-order valence-corrected chi connectivity index (χ2v) is 4.35. The minimum Gasteiger partial charge on any atom is -0.399 e. The third-order valence-electron chi connectivity index (χ3n) is 2.63. The van der Waals surface area contributed by atoms with E-state index in [0.29, 0.717) is 22.8 Å². The number of benzene rings is 1. The summed E-state index contributed by atoms with van der Waals surface area (Å²) in [5.74, 6) is 0.530. The highest BCUT2D eigenvalue weighted by Crippen LogP contribution is 2.21. The molecule has 98 valence electrons. The van der Waals surface area contributed by atoms with Gasteiger partial charge in [-0.05, 0) is 36.4 Å². The van der Waals surface area contributed by atoms with Crippen molar-refractivity contribution in [1.82, 2.24) is 4.98 Å². The number of hydrogen-bond acceptors (Lipinski definition) is 4. The smallest absolute Gasteiger partial charge is 0.255 e. The van der Waals surface area contributed by atoms with E-state index in [2.05, 4.69) is 10.3 Å². The molecule has 0 saturated carbocycles. The number of pyridine rings is 1. The first-order valence-corrected chi connectivity index (χ1v) is 5.87. The summed E-state index contributed by atoms with van der Waals surface area (Å²) in [6.07, 6.45) is 1.69. The zero-order valence-corrected chi connectivity index (χ0v) is 10.9. The number of nitrogens with zero attached hydrogens (tertiary/aromatic N) is 2. The van der Waals surface area contributed by atoms with Crippen LogP contribution in [0.5, 0.6) is 0 Å². The number of amides is 1. The fourth-order valence-electron chi connectivity index (χ4n) is 1.68. The van der Waals surface area contributed by atoms with Crippen LogP contribution in [-0.4, -0.2) is 25.0 Å². The molecule has 2 aromatic rings. The van der Waals surface area contributed by atoms with Crippen molar-refractivity contribution >= 4 is 23.1 Å². The number of nitrogen functional groups attached to an aromatic ring is 1. The van der Waals surface area contributed by atoms with Crippen LogP contribution in [0.15, 0.2) is 42.6 Å². The Morgan fingerprint density at radius 1 is 1.21 bits per heavy atom. The van der Waals surface area contributed by atoms with Crippen molar-refractivity contribution in [3.63, 3.8) is 0 Å². The highest BCUT2D eigenvalue weighted by molar-refractivity contribution is 6.05. The molecule has 0 radical (unpaired) electrons. The van der Waals surface area contributed by atoms with Gasteiger partial charge < -0.3 is 16.0 Å². The van der Waals surface area contributed by atoms with Crippen molar-refractivity contribution in [3.8, 4) is 0 Å². The van der Waals surface area contributed by atoms with E-state index in [1.807, 2.05) is 25.1 Å². The Kier molecular flexibility index (Phi) is 3.66. The van der Waals surface area contributed by atoms with Gasteiger partial charge in [-0.2, -0.15) is 0 Å². The first-order chi connectivity index (χ1) is 9.08. The Balaban J connectivity index is 2.22. The summed E-state index contributed by atoms with van der Waals surface area (Å²) < 4.78 is 0. The molecule has 0 spiro atoms. The van der Waals surface area contributed by atoms with E-state index in [-0.39, 0.29) is 5.91 Å². The monoisotopic (exact) mass is 256 g/mol. The molecule has 3 N–H and O–H groups in total. The van der Waals surface area contributed by atoms with Gasteiger partial charge in [-0.1, -0.05) is 0 Å². The molecule has 0 atom stereocenters. The third kappa shape index (κ3) is 3.01. The largest absolute Gasteiger partial charge is 0.399 e. The van der Waals surface area contributed by atoms with Gasteiger partial charge >= 0.3 is 0 Å². The van der Waals surface area contributed by atoms with Gasteiger partial charge in [0.2, 0.25) is 0 Å². The van der Waals surface area contributed by atoms with Crippen molar-refractivity contribution in [2.45, 2.75) is 0 Å². The molecule has 1 amide bonds. The predicted octanol–water partition coefficient (Wildman–Crippen LogP) is 1.98. The Hall–Kier alpha value is -2.56. The summed E-state index contributed by atoms with van der Waals surface area (Å²) >= 11 is 0. The Labute approximate surface area is 112 Å². The molecular formula is C14H16N4O. The number of anilines is 3. The number of rotatable bonds is 3. The quantitative estimate of drug-likeness (QED) is 0.824. The van der Waals surface area contributed by atoms with Gasteiger partial charge in [0.25, 0.3) is 5.91 Å². The van der Waals surface area contributed by atoms with Crippen LogP contribution in [0.3, 0.4) is 0 Å². The lowest BCUT2D eigenvalue weighted by Crippen LogP contribution is -2.17. The molecule has 0 aliphatic heterocycles. The molecule has 0 saturated heterocycles. The number of carbonyl (C=O) groups is 1. The van der Waals surface area contributed by atoms with E-state index in [9.17, 15) is 4.79 Å². The van der Waals surface area contributed by atoms with Crippen LogP contribution in [-0.2, 0) is 0 Å². The molecule has 1 aromatic heterocycles. The van der Waals surface area contributed by atoms with E-state index in [4.69, 9.17) is 5.73 Å². The molecule has 0 fully saturated rings. The van der Waals surface area contributed by atoms with Crippen LogP contribution in [0.25, 0.3) is 0 Å². The summed E-state index contributed by atoms with van der Waals surface area (Å²) in [6.45, 7) is 0. The van der Waals surface area contributed by atoms with Crippen LogP contribution in [0.4, 0.5) is 17.2 Å². The maximum Gasteiger partial charge on any atom is 0.255 e. The molecule has 1 heterocycles. The van der Waals surface area contributed by atoms with Gasteiger partial charge in [-0.15, -0.1) is 0 Å². The van der Waals surface area contributed by atoms with E-state index < -0.39 is 0 Å². The second kappa shape index (κ2) is 5.39. The van der Waals surface area contributed by atoms with E-state index in [0.717, 1.165) is 0 Å². The third-order valence-corrected chi connectivity index (χ3v) is 2.63. The SMILES string of the molecule is CN(C)c1ncccc1NC(=O)c1ccc(N)cc1. The zero-order chi connectivity index (χ0) is 13.8. The van der Waals surface area contributed by atoms with E-state index in [1.54, 1.807) is 36.5 Å². The number of nitrogens with two attached hydrogens (primary N) is 1. The minimum atomic E-state index is -0.184. The molecule has 1 aromatic carbocycles. The average molecular weight is 256 g/mol. The lowest BCUT2D eigenvalue weighted by atomic mass is 10.2. The number of aromatic nitrogens is 1. The van der Waals surface area contributed by atoms with Crippen LogP contribution >= 0.6 is 0 Å². The van der Waals surface area contributed by atoms with Gasteiger partial charge in [0.05, 0.1) is 5.69 Å². The van der Waals surface area contributed by atoms with Crippen LogP contribution in [0.1, 0.15) is 10.4 Å². The second-order valence-electron chi connectivity index (χ2n) is 4.35. The number of nitrogens with one attached hydrogen (secondary N) is 1. The van der Waals surface area contributed by atoms with E-state index >= 15 is 0 Å². The molecule has 19 heavy (non-hydrogen) atoms. The van der Waals surface area contributed by atoms with Crippen molar-refractivity contribution in [3.05, 3.63) is 48.2 Å². The van der Waals surface area contributed by atoms with Crippen molar-refractivity contribution in [2.75, 3.05) is 30.0 Å². The van der Waals surface area contributed by atoms with Gasteiger partial charge in [-0.3, -0.25) is 4.79 Å². The summed E-state index contributed by atoms with van der Waals surface area (Å²) in [7, 11) is 3.75. The average Bonchev–Trinajstić information content (AvgIpc) is 2.39.